The molecule has 2 saturated heterocycles. The lowest BCUT2D eigenvalue weighted by Gasteiger charge is -2.23. The van der Waals surface area contributed by atoms with Gasteiger partial charge in [-0.15, -0.1) is 0 Å². The van der Waals surface area contributed by atoms with Gasteiger partial charge < -0.3 is 10.2 Å². The highest BCUT2D eigenvalue weighted by Gasteiger charge is 2.41. The maximum Gasteiger partial charge on any atom is 0.227 e. The fourth-order valence-corrected chi connectivity index (χ4v) is 3.15. The van der Waals surface area contributed by atoms with E-state index in [9.17, 15) is 9.18 Å². The zero-order valence-corrected chi connectivity index (χ0v) is 11.1. The summed E-state index contributed by atoms with van der Waals surface area (Å²) >= 11 is 0. The topological polar surface area (TPSA) is 56.1 Å². The molecule has 0 aromatic heterocycles. The highest BCUT2D eigenvalue weighted by molar-refractivity contribution is 5.82. The molecule has 1 amide bonds. The van der Waals surface area contributed by atoms with Crippen molar-refractivity contribution in [2.24, 2.45) is 5.92 Å². The van der Waals surface area contributed by atoms with Crippen LogP contribution < -0.4 is 5.32 Å². The average Bonchev–Trinajstić information content (AvgIpc) is 2.76. The molecule has 0 bridgehead atoms. The maximum atomic E-state index is 13.3. The van der Waals surface area contributed by atoms with Crippen LogP contribution in [0.15, 0.2) is 18.2 Å². The van der Waals surface area contributed by atoms with E-state index in [1.807, 2.05) is 0 Å². The van der Waals surface area contributed by atoms with Gasteiger partial charge in [0.15, 0.2) is 0 Å². The minimum atomic E-state index is -0.374. The molecule has 1 N–H and O–H groups in total. The molecule has 20 heavy (non-hydrogen) atoms. The molecule has 5 heteroatoms. The first-order valence-electron chi connectivity index (χ1n) is 6.90. The van der Waals surface area contributed by atoms with Crippen molar-refractivity contribution in [2.75, 3.05) is 13.1 Å². The van der Waals surface area contributed by atoms with Gasteiger partial charge in [0.05, 0.1) is 17.6 Å². The van der Waals surface area contributed by atoms with E-state index in [1.54, 1.807) is 4.90 Å². The number of benzene rings is 1. The van der Waals surface area contributed by atoms with Gasteiger partial charge in [-0.25, -0.2) is 4.39 Å². The van der Waals surface area contributed by atoms with Gasteiger partial charge in [0.25, 0.3) is 0 Å². The third-order valence-corrected chi connectivity index (χ3v) is 4.18. The van der Waals surface area contributed by atoms with Crippen molar-refractivity contribution >= 4 is 5.91 Å². The number of halogens is 1. The summed E-state index contributed by atoms with van der Waals surface area (Å²) in [4.78, 5) is 14.1. The fourth-order valence-electron chi connectivity index (χ4n) is 3.15. The summed E-state index contributed by atoms with van der Waals surface area (Å²) in [6.07, 6.45) is 1.94. The molecule has 4 nitrogen and oxygen atoms in total. The summed E-state index contributed by atoms with van der Waals surface area (Å²) in [5.74, 6) is -0.209. The molecule has 1 aromatic rings. The molecule has 2 aliphatic heterocycles. The van der Waals surface area contributed by atoms with Crippen molar-refractivity contribution < 1.29 is 9.18 Å². The number of rotatable bonds is 2. The first kappa shape index (κ1) is 13.1. The van der Waals surface area contributed by atoms with Gasteiger partial charge in [0, 0.05) is 19.1 Å². The normalized spacial score (nSPS) is 25.4. The third kappa shape index (κ3) is 2.27. The Labute approximate surface area is 117 Å². The van der Waals surface area contributed by atoms with Crippen molar-refractivity contribution in [3.8, 4) is 6.07 Å². The first-order valence-corrected chi connectivity index (χ1v) is 6.90. The van der Waals surface area contributed by atoms with Crippen LogP contribution in [-0.2, 0) is 11.3 Å². The zero-order valence-electron chi connectivity index (χ0n) is 11.1. The van der Waals surface area contributed by atoms with Crippen LogP contribution in [0, 0.1) is 23.1 Å². The number of piperidine rings is 1. The summed E-state index contributed by atoms with van der Waals surface area (Å²) < 4.78 is 13.3. The van der Waals surface area contributed by atoms with E-state index in [0.29, 0.717) is 24.2 Å². The number of amides is 1. The predicted octanol–water partition coefficient (Wildman–Crippen LogP) is 1.41. The second kappa shape index (κ2) is 5.22. The largest absolute Gasteiger partial charge is 0.336 e. The van der Waals surface area contributed by atoms with Crippen molar-refractivity contribution in [1.29, 1.82) is 5.26 Å². The van der Waals surface area contributed by atoms with Crippen molar-refractivity contribution in [2.45, 2.75) is 25.4 Å². The monoisotopic (exact) mass is 273 g/mol. The van der Waals surface area contributed by atoms with E-state index in [1.165, 1.54) is 18.2 Å². The quantitative estimate of drug-likeness (QED) is 0.886. The SMILES string of the molecule is N#Cc1ccc(F)cc1CN1CC2NCCCC2C1=O. The van der Waals surface area contributed by atoms with Crippen molar-refractivity contribution in [1.82, 2.24) is 10.2 Å². The lowest BCUT2D eigenvalue weighted by atomic mass is 9.94. The number of fused-ring (bicyclic) bond motifs is 1. The van der Waals surface area contributed by atoms with Crippen LogP contribution >= 0.6 is 0 Å². The molecule has 3 rings (SSSR count). The van der Waals surface area contributed by atoms with Crippen LogP contribution in [0.2, 0.25) is 0 Å². The van der Waals surface area contributed by atoms with Gasteiger partial charge >= 0.3 is 0 Å². The Morgan fingerprint density at radius 3 is 3.10 bits per heavy atom. The molecule has 2 heterocycles. The molecule has 104 valence electrons. The molecule has 2 atom stereocenters. The van der Waals surface area contributed by atoms with Gasteiger partial charge in [-0.05, 0) is 43.1 Å². The molecule has 0 saturated carbocycles. The highest BCUT2D eigenvalue weighted by atomic mass is 19.1. The summed E-state index contributed by atoms with van der Waals surface area (Å²) in [5.41, 5.74) is 1.02. The van der Waals surface area contributed by atoms with E-state index in [4.69, 9.17) is 5.26 Å². The number of nitrogens with zero attached hydrogens (tertiary/aromatic N) is 2. The lowest BCUT2D eigenvalue weighted by molar-refractivity contribution is -0.131. The van der Waals surface area contributed by atoms with Gasteiger partial charge in [-0.2, -0.15) is 5.26 Å². The average molecular weight is 273 g/mol. The Bertz CT molecular complexity index is 581. The van der Waals surface area contributed by atoms with Crippen LogP contribution in [-0.4, -0.2) is 29.9 Å². The molecule has 0 spiro atoms. The van der Waals surface area contributed by atoms with Crippen LogP contribution in [0.1, 0.15) is 24.0 Å². The van der Waals surface area contributed by atoms with Gasteiger partial charge in [-0.3, -0.25) is 4.79 Å². The van der Waals surface area contributed by atoms with Gasteiger partial charge in [-0.1, -0.05) is 0 Å². The van der Waals surface area contributed by atoms with Crippen LogP contribution in [0.4, 0.5) is 4.39 Å². The van der Waals surface area contributed by atoms with Crippen molar-refractivity contribution in [3.63, 3.8) is 0 Å². The van der Waals surface area contributed by atoms with E-state index < -0.39 is 0 Å². The van der Waals surface area contributed by atoms with E-state index in [2.05, 4.69) is 11.4 Å². The van der Waals surface area contributed by atoms with Crippen LogP contribution in [0.3, 0.4) is 0 Å². The molecule has 0 radical (unpaired) electrons. The molecule has 1 aromatic carbocycles. The molecular weight excluding hydrogens is 257 g/mol. The summed E-state index contributed by atoms with van der Waals surface area (Å²) in [7, 11) is 0. The Kier molecular flexibility index (Phi) is 3.41. The van der Waals surface area contributed by atoms with Gasteiger partial charge in [0.1, 0.15) is 5.82 Å². The molecule has 0 aliphatic carbocycles. The molecule has 2 aliphatic rings. The van der Waals surface area contributed by atoms with Crippen LogP contribution in [0.25, 0.3) is 0 Å². The summed E-state index contributed by atoms with van der Waals surface area (Å²) in [6, 6.07) is 6.35. The number of carbonyl (C=O) groups is 1. The molecule has 2 fully saturated rings. The standard InChI is InChI=1S/C15H16FN3O/c16-12-4-3-10(7-17)11(6-12)8-19-9-14-13(15(19)20)2-1-5-18-14/h3-4,6,13-14,18H,1-2,5,8-9H2. The fraction of sp³-hybridized carbons (Fsp3) is 0.467. The lowest BCUT2D eigenvalue weighted by Crippen LogP contribution is -2.41. The Morgan fingerprint density at radius 1 is 1.50 bits per heavy atom. The smallest absolute Gasteiger partial charge is 0.227 e. The second-order valence-corrected chi connectivity index (χ2v) is 5.44. The highest BCUT2D eigenvalue weighted by Crippen LogP contribution is 2.28. The number of carbonyl (C=O) groups excluding carboxylic acids is 1. The number of nitriles is 1. The number of nitrogens with one attached hydrogen (secondary N) is 1. The molecule has 2 unspecified atom stereocenters. The minimum Gasteiger partial charge on any atom is -0.336 e. The van der Waals surface area contributed by atoms with Gasteiger partial charge in [0.2, 0.25) is 5.91 Å². The van der Waals surface area contributed by atoms with E-state index >= 15 is 0 Å². The Balaban J connectivity index is 1.80. The predicted molar refractivity (Wildman–Crippen MR) is 71.0 cm³/mol. The molecular formula is C15H16FN3O. The summed E-state index contributed by atoms with van der Waals surface area (Å²) in [5, 5.41) is 12.4. The van der Waals surface area contributed by atoms with E-state index in [-0.39, 0.29) is 23.7 Å². The third-order valence-electron chi connectivity index (χ3n) is 4.18. The summed E-state index contributed by atoms with van der Waals surface area (Å²) in [6.45, 7) is 1.91. The second-order valence-electron chi connectivity index (χ2n) is 5.44. The zero-order chi connectivity index (χ0) is 14.1. The Hall–Kier alpha value is -1.93. The van der Waals surface area contributed by atoms with E-state index in [0.717, 1.165) is 19.4 Å². The Morgan fingerprint density at radius 2 is 2.35 bits per heavy atom. The first-order chi connectivity index (χ1) is 9.69. The van der Waals surface area contributed by atoms with Crippen molar-refractivity contribution in [3.05, 3.63) is 35.1 Å². The number of hydrogen-bond acceptors (Lipinski definition) is 3. The maximum absolute atomic E-state index is 13.3. The minimum absolute atomic E-state index is 0.0443. The number of likely N-dealkylation sites (tertiary alicyclic amines) is 1. The van der Waals surface area contributed by atoms with Crippen LogP contribution in [0.5, 0.6) is 0 Å². The number of hydrogen-bond donors (Lipinski definition) is 1.